The minimum absolute atomic E-state index is 0.180. The lowest BCUT2D eigenvalue weighted by Gasteiger charge is -2.28. The van der Waals surface area contributed by atoms with Crippen LogP contribution in [0.25, 0.3) is 0 Å². The van der Waals surface area contributed by atoms with Crippen molar-refractivity contribution in [3.8, 4) is 0 Å². The second-order valence-corrected chi connectivity index (χ2v) is 3.95. The third kappa shape index (κ3) is 4.62. The molecule has 0 aromatic carbocycles. The van der Waals surface area contributed by atoms with Gasteiger partial charge in [-0.3, -0.25) is 4.79 Å². The van der Waals surface area contributed by atoms with Gasteiger partial charge in [0.1, 0.15) is 0 Å². The second kappa shape index (κ2) is 6.80. The van der Waals surface area contributed by atoms with Crippen molar-refractivity contribution in [3.63, 3.8) is 0 Å². The summed E-state index contributed by atoms with van der Waals surface area (Å²) in [5.41, 5.74) is 0. The Bertz CT molecular complexity index is 190. The first-order valence-corrected chi connectivity index (χ1v) is 5.70. The highest BCUT2D eigenvalue weighted by Crippen LogP contribution is 2.16. The minimum atomic E-state index is -0.180. The van der Waals surface area contributed by atoms with E-state index in [-0.39, 0.29) is 5.97 Å². The summed E-state index contributed by atoms with van der Waals surface area (Å²) in [5.74, 6) is 0.342. The molecular weight excluding hydrogens is 194 g/mol. The molecule has 0 aromatic heterocycles. The van der Waals surface area contributed by atoms with Crippen LogP contribution in [0.5, 0.6) is 0 Å². The molecule has 0 amide bonds. The first-order chi connectivity index (χ1) is 7.24. The molecule has 0 unspecified atom stereocenters. The lowest BCUT2D eigenvalue weighted by atomic mass is 9.95. The Balaban J connectivity index is 2.16. The van der Waals surface area contributed by atoms with Gasteiger partial charge in [0.05, 0.1) is 19.8 Å². The zero-order chi connectivity index (χ0) is 11.1. The van der Waals surface area contributed by atoms with E-state index in [0.717, 1.165) is 19.6 Å². The molecule has 4 nitrogen and oxygen atoms in total. The highest BCUT2D eigenvalue weighted by atomic mass is 16.5. The summed E-state index contributed by atoms with van der Waals surface area (Å²) in [6.07, 6.45) is 2.30. The largest absolute Gasteiger partial charge is 0.465 e. The highest BCUT2D eigenvalue weighted by Gasteiger charge is 2.20. The van der Waals surface area contributed by atoms with E-state index < -0.39 is 0 Å². The molecule has 0 aromatic rings. The van der Waals surface area contributed by atoms with Crippen molar-refractivity contribution in [2.75, 3.05) is 26.4 Å². The van der Waals surface area contributed by atoms with Crippen molar-refractivity contribution in [2.45, 2.75) is 32.7 Å². The van der Waals surface area contributed by atoms with Gasteiger partial charge < -0.3 is 14.8 Å². The quantitative estimate of drug-likeness (QED) is 0.694. The first kappa shape index (κ1) is 12.5. The monoisotopic (exact) mass is 215 g/mol. The fourth-order valence-corrected chi connectivity index (χ4v) is 1.78. The van der Waals surface area contributed by atoms with E-state index in [9.17, 15) is 4.79 Å². The number of hydrogen-bond donors (Lipinski definition) is 1. The summed E-state index contributed by atoms with van der Waals surface area (Å²) in [4.78, 5) is 11.1. The fourth-order valence-electron chi connectivity index (χ4n) is 1.78. The first-order valence-electron chi connectivity index (χ1n) is 5.70. The lowest BCUT2D eigenvalue weighted by molar-refractivity contribution is -0.142. The molecule has 0 bridgehead atoms. The molecule has 1 fully saturated rings. The molecule has 0 aliphatic carbocycles. The van der Waals surface area contributed by atoms with Gasteiger partial charge in [-0.2, -0.15) is 0 Å². The van der Waals surface area contributed by atoms with Crippen LogP contribution in [0.3, 0.4) is 0 Å². The molecule has 1 aliphatic rings. The molecule has 0 saturated carbocycles. The molecule has 2 atom stereocenters. The predicted molar refractivity (Wildman–Crippen MR) is 57.6 cm³/mol. The normalized spacial score (nSPS) is 23.5. The molecule has 15 heavy (non-hydrogen) atoms. The Morgan fingerprint density at radius 2 is 2.47 bits per heavy atom. The number of carbonyl (C=O) groups excluding carboxylic acids is 1. The van der Waals surface area contributed by atoms with Crippen LogP contribution in [0, 0.1) is 5.92 Å². The minimum Gasteiger partial charge on any atom is -0.465 e. The van der Waals surface area contributed by atoms with Crippen molar-refractivity contribution in [1.29, 1.82) is 0 Å². The van der Waals surface area contributed by atoms with E-state index in [2.05, 4.69) is 12.2 Å². The number of hydrogen-bond acceptors (Lipinski definition) is 4. The van der Waals surface area contributed by atoms with Gasteiger partial charge in [-0.05, 0) is 32.6 Å². The maximum Gasteiger partial charge on any atom is 0.319 e. The SMILES string of the molecule is CCOC(=O)CN[C@H](C)[C@H]1CCCOC1. The number of carbonyl (C=O) groups is 1. The molecule has 0 radical (unpaired) electrons. The summed E-state index contributed by atoms with van der Waals surface area (Å²) in [5, 5.41) is 3.18. The van der Waals surface area contributed by atoms with E-state index >= 15 is 0 Å². The maximum absolute atomic E-state index is 11.1. The molecule has 4 heteroatoms. The van der Waals surface area contributed by atoms with Crippen LogP contribution < -0.4 is 5.32 Å². The number of ether oxygens (including phenoxy) is 2. The van der Waals surface area contributed by atoms with Gasteiger partial charge in [0, 0.05) is 12.6 Å². The molecular formula is C11H21NO3. The van der Waals surface area contributed by atoms with Gasteiger partial charge in [0.15, 0.2) is 0 Å². The molecule has 1 heterocycles. The Morgan fingerprint density at radius 1 is 1.67 bits per heavy atom. The summed E-state index contributed by atoms with van der Waals surface area (Å²) >= 11 is 0. The summed E-state index contributed by atoms with van der Waals surface area (Å²) in [6.45, 7) is 6.33. The van der Waals surface area contributed by atoms with Crippen molar-refractivity contribution < 1.29 is 14.3 Å². The van der Waals surface area contributed by atoms with E-state index in [1.54, 1.807) is 0 Å². The molecule has 1 aliphatic heterocycles. The summed E-state index contributed by atoms with van der Waals surface area (Å²) in [7, 11) is 0. The average Bonchev–Trinajstić information content (AvgIpc) is 2.27. The summed E-state index contributed by atoms with van der Waals surface area (Å²) in [6, 6.07) is 0.315. The topological polar surface area (TPSA) is 47.6 Å². The second-order valence-electron chi connectivity index (χ2n) is 3.95. The zero-order valence-electron chi connectivity index (χ0n) is 9.62. The Labute approximate surface area is 91.3 Å². The standard InChI is InChI=1S/C11H21NO3/c1-3-15-11(13)7-12-9(2)10-5-4-6-14-8-10/h9-10,12H,3-8H2,1-2H3/t9-,10+/m1/s1. The van der Waals surface area contributed by atoms with E-state index in [1.807, 2.05) is 6.92 Å². The van der Waals surface area contributed by atoms with Crippen LogP contribution >= 0.6 is 0 Å². The third-order valence-electron chi connectivity index (χ3n) is 2.78. The van der Waals surface area contributed by atoms with Crippen LogP contribution in [-0.2, 0) is 14.3 Å². The Hall–Kier alpha value is -0.610. The molecule has 88 valence electrons. The fraction of sp³-hybridized carbons (Fsp3) is 0.909. The van der Waals surface area contributed by atoms with Gasteiger partial charge in [0.25, 0.3) is 0 Å². The maximum atomic E-state index is 11.1. The van der Waals surface area contributed by atoms with Crippen LogP contribution in [0.1, 0.15) is 26.7 Å². The number of rotatable bonds is 5. The Kier molecular flexibility index (Phi) is 5.65. The molecule has 1 saturated heterocycles. The van der Waals surface area contributed by atoms with Crippen molar-refractivity contribution in [3.05, 3.63) is 0 Å². The van der Waals surface area contributed by atoms with E-state index in [1.165, 1.54) is 6.42 Å². The molecule has 1 rings (SSSR count). The molecule has 1 N–H and O–H groups in total. The van der Waals surface area contributed by atoms with Gasteiger partial charge in [-0.15, -0.1) is 0 Å². The van der Waals surface area contributed by atoms with Crippen LogP contribution in [0.4, 0.5) is 0 Å². The van der Waals surface area contributed by atoms with Crippen molar-refractivity contribution in [1.82, 2.24) is 5.32 Å². The van der Waals surface area contributed by atoms with Gasteiger partial charge in [0.2, 0.25) is 0 Å². The van der Waals surface area contributed by atoms with Crippen molar-refractivity contribution in [2.24, 2.45) is 5.92 Å². The van der Waals surface area contributed by atoms with E-state index in [0.29, 0.717) is 25.1 Å². The van der Waals surface area contributed by atoms with Gasteiger partial charge in [-0.1, -0.05) is 0 Å². The zero-order valence-corrected chi connectivity index (χ0v) is 9.62. The van der Waals surface area contributed by atoms with E-state index in [4.69, 9.17) is 9.47 Å². The Morgan fingerprint density at radius 3 is 3.07 bits per heavy atom. The smallest absolute Gasteiger partial charge is 0.319 e. The third-order valence-corrected chi connectivity index (χ3v) is 2.78. The van der Waals surface area contributed by atoms with Crippen LogP contribution in [0.15, 0.2) is 0 Å². The number of esters is 1. The predicted octanol–water partition coefficient (Wildman–Crippen LogP) is 0.954. The van der Waals surface area contributed by atoms with Crippen LogP contribution in [0.2, 0.25) is 0 Å². The lowest BCUT2D eigenvalue weighted by Crippen LogP contribution is -2.40. The van der Waals surface area contributed by atoms with Gasteiger partial charge >= 0.3 is 5.97 Å². The van der Waals surface area contributed by atoms with Crippen molar-refractivity contribution >= 4 is 5.97 Å². The molecule has 0 spiro atoms. The van der Waals surface area contributed by atoms with Gasteiger partial charge in [-0.25, -0.2) is 0 Å². The van der Waals surface area contributed by atoms with Crippen LogP contribution in [-0.4, -0.2) is 38.4 Å². The average molecular weight is 215 g/mol. The highest BCUT2D eigenvalue weighted by molar-refractivity contribution is 5.71. The number of nitrogens with one attached hydrogen (secondary N) is 1. The summed E-state index contributed by atoms with van der Waals surface area (Å²) < 4.78 is 10.2.